The summed E-state index contributed by atoms with van der Waals surface area (Å²) in [5.74, 6) is -1.57. The Kier molecular flexibility index (Phi) is 3.78. The van der Waals surface area contributed by atoms with Crippen molar-refractivity contribution < 1.29 is 14.7 Å². The van der Waals surface area contributed by atoms with Crippen LogP contribution in [0, 0.1) is 0 Å². The maximum Gasteiger partial charge on any atom is 0.356 e. The summed E-state index contributed by atoms with van der Waals surface area (Å²) in [6.07, 6.45) is 5.57. The molecule has 1 fully saturated rings. The van der Waals surface area contributed by atoms with Gasteiger partial charge in [-0.05, 0) is 33.1 Å². The van der Waals surface area contributed by atoms with Crippen LogP contribution in [-0.2, 0) is 0 Å². The van der Waals surface area contributed by atoms with E-state index < -0.39 is 5.97 Å². The maximum atomic E-state index is 12.5. The first-order valence-corrected chi connectivity index (χ1v) is 6.39. The van der Waals surface area contributed by atoms with Gasteiger partial charge in [-0.15, -0.1) is 0 Å². The fraction of sp³-hybridized carbons (Fsp3) is 0.538. The van der Waals surface area contributed by atoms with Gasteiger partial charge in [-0.2, -0.15) is 0 Å². The zero-order valence-electron chi connectivity index (χ0n) is 11.0. The highest BCUT2D eigenvalue weighted by molar-refractivity contribution is 6.02. The van der Waals surface area contributed by atoms with Crippen LogP contribution in [0.1, 0.15) is 54.1 Å². The molecule has 2 rings (SSSR count). The van der Waals surface area contributed by atoms with E-state index >= 15 is 0 Å². The molecular formula is C13H17N3O3. The van der Waals surface area contributed by atoms with E-state index in [1.54, 1.807) is 4.90 Å². The van der Waals surface area contributed by atoms with Gasteiger partial charge in [0.05, 0.1) is 0 Å². The third-order valence-corrected chi connectivity index (χ3v) is 3.53. The van der Waals surface area contributed by atoms with E-state index in [0.717, 1.165) is 19.3 Å². The van der Waals surface area contributed by atoms with Crippen molar-refractivity contribution in [3.8, 4) is 0 Å². The van der Waals surface area contributed by atoms with Crippen LogP contribution in [0.15, 0.2) is 12.4 Å². The number of nitrogens with zero attached hydrogens (tertiary/aromatic N) is 3. The molecule has 6 heteroatoms. The molecule has 1 aromatic rings. The van der Waals surface area contributed by atoms with Crippen LogP contribution in [-0.4, -0.2) is 43.9 Å². The summed E-state index contributed by atoms with van der Waals surface area (Å²) in [5.41, 5.74) is -0.354. The second kappa shape index (κ2) is 5.34. The first kappa shape index (κ1) is 13.5. The number of carbonyl (C=O) groups is 2. The molecule has 19 heavy (non-hydrogen) atoms. The molecule has 0 aliphatic carbocycles. The highest BCUT2D eigenvalue weighted by Crippen LogP contribution is 2.24. The van der Waals surface area contributed by atoms with Crippen molar-refractivity contribution >= 4 is 11.9 Å². The first-order chi connectivity index (χ1) is 9.02. The Labute approximate surface area is 111 Å². The summed E-state index contributed by atoms with van der Waals surface area (Å²) < 4.78 is 0. The Morgan fingerprint density at radius 1 is 1.16 bits per heavy atom. The van der Waals surface area contributed by atoms with Crippen molar-refractivity contribution in [3.05, 3.63) is 23.8 Å². The average molecular weight is 263 g/mol. The number of amides is 1. The van der Waals surface area contributed by atoms with E-state index in [9.17, 15) is 9.59 Å². The van der Waals surface area contributed by atoms with Gasteiger partial charge in [0.15, 0.2) is 11.4 Å². The van der Waals surface area contributed by atoms with E-state index in [0.29, 0.717) is 0 Å². The standard InChI is InChI=1S/C13H17N3O3/c1-8-4-3-5-9(2)16(8)12(17)10-11(13(18)19)15-7-6-14-10/h6-9H,3-5H2,1-2H3,(H,18,19). The summed E-state index contributed by atoms with van der Waals surface area (Å²) in [6, 6.07) is 0.194. The summed E-state index contributed by atoms with van der Waals surface area (Å²) >= 11 is 0. The number of hydrogen-bond donors (Lipinski definition) is 1. The zero-order valence-corrected chi connectivity index (χ0v) is 11.0. The van der Waals surface area contributed by atoms with Crippen molar-refractivity contribution in [1.29, 1.82) is 0 Å². The largest absolute Gasteiger partial charge is 0.476 e. The molecule has 0 spiro atoms. The Morgan fingerprint density at radius 2 is 1.68 bits per heavy atom. The number of likely N-dealkylation sites (tertiary alicyclic amines) is 1. The van der Waals surface area contributed by atoms with E-state index in [4.69, 9.17) is 5.11 Å². The van der Waals surface area contributed by atoms with Gasteiger partial charge in [0.2, 0.25) is 0 Å². The van der Waals surface area contributed by atoms with Gasteiger partial charge in [-0.25, -0.2) is 14.8 Å². The van der Waals surface area contributed by atoms with Crippen molar-refractivity contribution in [1.82, 2.24) is 14.9 Å². The number of rotatable bonds is 2. The Bertz CT molecular complexity index is 494. The summed E-state index contributed by atoms with van der Waals surface area (Å²) in [7, 11) is 0. The minimum absolute atomic E-state index is 0.0735. The molecule has 0 saturated carbocycles. The van der Waals surface area contributed by atoms with Crippen LogP contribution in [0.3, 0.4) is 0 Å². The molecule has 2 unspecified atom stereocenters. The smallest absolute Gasteiger partial charge is 0.356 e. The van der Waals surface area contributed by atoms with Crippen LogP contribution >= 0.6 is 0 Å². The van der Waals surface area contributed by atoms with Crippen LogP contribution in [0.2, 0.25) is 0 Å². The second-order valence-corrected chi connectivity index (χ2v) is 4.90. The molecule has 0 aromatic carbocycles. The van der Waals surface area contributed by atoms with Gasteiger partial charge >= 0.3 is 5.97 Å². The first-order valence-electron chi connectivity index (χ1n) is 6.39. The van der Waals surface area contributed by atoms with Crippen molar-refractivity contribution in [2.45, 2.75) is 45.2 Å². The van der Waals surface area contributed by atoms with Gasteiger partial charge < -0.3 is 10.0 Å². The zero-order chi connectivity index (χ0) is 14.0. The molecule has 1 aliphatic rings. The van der Waals surface area contributed by atoms with E-state index in [2.05, 4.69) is 9.97 Å². The maximum absolute atomic E-state index is 12.5. The van der Waals surface area contributed by atoms with Crippen LogP contribution in [0.5, 0.6) is 0 Å². The summed E-state index contributed by atoms with van der Waals surface area (Å²) in [6.45, 7) is 3.95. The number of carboxylic acid groups (broad SMARTS) is 1. The number of carbonyl (C=O) groups excluding carboxylic acids is 1. The fourth-order valence-electron chi connectivity index (χ4n) is 2.59. The number of aromatic carboxylic acids is 1. The molecule has 6 nitrogen and oxygen atoms in total. The van der Waals surface area contributed by atoms with E-state index in [1.807, 2.05) is 13.8 Å². The SMILES string of the molecule is CC1CCCC(C)N1C(=O)c1nccnc1C(=O)O. The summed E-state index contributed by atoms with van der Waals surface area (Å²) in [5, 5.41) is 9.07. The number of hydrogen-bond acceptors (Lipinski definition) is 4. The predicted molar refractivity (Wildman–Crippen MR) is 67.9 cm³/mol. The second-order valence-electron chi connectivity index (χ2n) is 4.90. The number of carboxylic acids is 1. The molecule has 0 bridgehead atoms. The number of aromatic nitrogens is 2. The molecule has 2 heterocycles. The van der Waals surface area contributed by atoms with Gasteiger partial charge in [0, 0.05) is 24.5 Å². The van der Waals surface area contributed by atoms with Gasteiger partial charge in [0.1, 0.15) is 0 Å². The highest BCUT2D eigenvalue weighted by Gasteiger charge is 2.32. The van der Waals surface area contributed by atoms with Gasteiger partial charge in [-0.1, -0.05) is 0 Å². The van der Waals surface area contributed by atoms with Crippen molar-refractivity contribution in [3.63, 3.8) is 0 Å². The molecule has 1 aromatic heterocycles. The molecule has 1 saturated heterocycles. The Balaban J connectivity index is 2.36. The lowest BCUT2D eigenvalue weighted by Crippen LogP contribution is -2.48. The minimum atomic E-state index is -1.23. The van der Waals surface area contributed by atoms with Crippen LogP contribution in [0.25, 0.3) is 0 Å². The number of piperidine rings is 1. The molecule has 0 radical (unpaired) electrons. The van der Waals surface area contributed by atoms with Crippen molar-refractivity contribution in [2.24, 2.45) is 0 Å². The third-order valence-electron chi connectivity index (χ3n) is 3.53. The Hall–Kier alpha value is -1.98. The quantitative estimate of drug-likeness (QED) is 0.875. The lowest BCUT2D eigenvalue weighted by molar-refractivity contribution is 0.0493. The van der Waals surface area contributed by atoms with Crippen LogP contribution in [0.4, 0.5) is 0 Å². The molecule has 1 amide bonds. The lowest BCUT2D eigenvalue weighted by Gasteiger charge is -2.38. The molecule has 1 N–H and O–H groups in total. The minimum Gasteiger partial charge on any atom is -0.476 e. The van der Waals surface area contributed by atoms with Gasteiger partial charge in [0.25, 0.3) is 5.91 Å². The lowest BCUT2D eigenvalue weighted by atomic mass is 9.97. The Morgan fingerprint density at radius 3 is 2.21 bits per heavy atom. The van der Waals surface area contributed by atoms with E-state index in [-0.39, 0.29) is 29.4 Å². The van der Waals surface area contributed by atoms with Crippen LogP contribution < -0.4 is 0 Å². The molecular weight excluding hydrogens is 246 g/mol. The molecule has 1 aliphatic heterocycles. The van der Waals surface area contributed by atoms with Gasteiger partial charge in [-0.3, -0.25) is 4.79 Å². The summed E-state index contributed by atoms with van der Waals surface area (Å²) in [4.78, 5) is 33.0. The topological polar surface area (TPSA) is 83.4 Å². The predicted octanol–water partition coefficient (Wildman–Crippen LogP) is 1.58. The molecule has 2 atom stereocenters. The fourth-order valence-corrected chi connectivity index (χ4v) is 2.59. The highest BCUT2D eigenvalue weighted by atomic mass is 16.4. The normalized spacial score (nSPS) is 23.2. The monoisotopic (exact) mass is 263 g/mol. The average Bonchev–Trinajstić information content (AvgIpc) is 2.38. The molecule has 102 valence electrons. The third kappa shape index (κ3) is 2.57. The van der Waals surface area contributed by atoms with Crippen molar-refractivity contribution in [2.75, 3.05) is 0 Å². The van der Waals surface area contributed by atoms with E-state index in [1.165, 1.54) is 12.4 Å².